The second-order valence-electron chi connectivity index (χ2n) is 5.23. The van der Waals surface area contributed by atoms with E-state index in [0.29, 0.717) is 6.42 Å². The van der Waals surface area contributed by atoms with Crippen LogP contribution in [0.1, 0.15) is 29.7 Å². The van der Waals surface area contributed by atoms with Gasteiger partial charge in [-0.15, -0.1) is 0 Å². The first-order chi connectivity index (χ1) is 10.1. The number of benzene rings is 2. The van der Waals surface area contributed by atoms with Crippen LogP contribution in [0.2, 0.25) is 0 Å². The zero-order chi connectivity index (χ0) is 15.2. The molecule has 0 aromatic heterocycles. The first-order valence-corrected chi connectivity index (χ1v) is 7.07. The van der Waals surface area contributed by atoms with E-state index in [-0.39, 0.29) is 11.9 Å². The van der Waals surface area contributed by atoms with Crippen LogP contribution in [-0.4, -0.2) is 13.0 Å². The lowest BCUT2D eigenvalue weighted by Gasteiger charge is -2.15. The van der Waals surface area contributed by atoms with Crippen LogP contribution in [0.4, 0.5) is 0 Å². The minimum atomic E-state index is -0.0441. The number of hydrogen-bond acceptors (Lipinski definition) is 2. The van der Waals surface area contributed by atoms with Gasteiger partial charge in [0.15, 0.2) is 0 Å². The average molecular weight is 283 g/mol. The van der Waals surface area contributed by atoms with Gasteiger partial charge >= 0.3 is 0 Å². The molecular weight excluding hydrogens is 262 g/mol. The fourth-order valence-corrected chi connectivity index (χ4v) is 2.29. The van der Waals surface area contributed by atoms with Gasteiger partial charge in [0.05, 0.1) is 19.6 Å². The molecule has 0 fully saturated rings. The van der Waals surface area contributed by atoms with Crippen molar-refractivity contribution < 1.29 is 9.53 Å². The maximum atomic E-state index is 12.1. The van der Waals surface area contributed by atoms with Crippen molar-refractivity contribution in [3.63, 3.8) is 0 Å². The molecule has 3 heteroatoms. The number of amides is 1. The minimum absolute atomic E-state index is 0.0240. The van der Waals surface area contributed by atoms with Gasteiger partial charge < -0.3 is 10.1 Å². The third kappa shape index (κ3) is 4.35. The molecule has 1 atom stereocenters. The van der Waals surface area contributed by atoms with Crippen molar-refractivity contribution >= 4 is 5.91 Å². The maximum absolute atomic E-state index is 12.1. The molecule has 0 radical (unpaired) electrons. The second-order valence-corrected chi connectivity index (χ2v) is 5.23. The summed E-state index contributed by atoms with van der Waals surface area (Å²) < 4.78 is 5.21. The summed E-state index contributed by atoms with van der Waals surface area (Å²) >= 11 is 0. The molecular formula is C18H21NO2. The molecule has 1 amide bonds. The van der Waals surface area contributed by atoms with Crippen LogP contribution < -0.4 is 10.1 Å². The first-order valence-electron chi connectivity index (χ1n) is 7.07. The fraction of sp³-hybridized carbons (Fsp3) is 0.278. The van der Waals surface area contributed by atoms with Crippen LogP contribution >= 0.6 is 0 Å². The molecule has 0 saturated heterocycles. The quantitative estimate of drug-likeness (QED) is 0.913. The molecule has 3 nitrogen and oxygen atoms in total. The van der Waals surface area contributed by atoms with E-state index in [9.17, 15) is 4.79 Å². The molecule has 2 aromatic rings. The smallest absolute Gasteiger partial charge is 0.224 e. The van der Waals surface area contributed by atoms with Crippen molar-refractivity contribution in [1.82, 2.24) is 5.32 Å². The van der Waals surface area contributed by atoms with Crippen LogP contribution in [-0.2, 0) is 11.2 Å². The molecule has 0 aliphatic heterocycles. The van der Waals surface area contributed by atoms with Crippen molar-refractivity contribution in [2.75, 3.05) is 7.11 Å². The molecule has 21 heavy (non-hydrogen) atoms. The Morgan fingerprint density at radius 1 is 1.19 bits per heavy atom. The minimum Gasteiger partial charge on any atom is -0.497 e. The monoisotopic (exact) mass is 283 g/mol. The highest BCUT2D eigenvalue weighted by Gasteiger charge is 2.10. The number of carbonyl (C=O) groups is 1. The summed E-state index contributed by atoms with van der Waals surface area (Å²) in [4.78, 5) is 12.1. The van der Waals surface area contributed by atoms with Crippen molar-refractivity contribution in [3.8, 4) is 5.75 Å². The van der Waals surface area contributed by atoms with Crippen molar-refractivity contribution in [2.24, 2.45) is 0 Å². The van der Waals surface area contributed by atoms with Gasteiger partial charge in [0, 0.05) is 0 Å². The van der Waals surface area contributed by atoms with E-state index < -0.39 is 0 Å². The van der Waals surface area contributed by atoms with Crippen LogP contribution in [0, 0.1) is 6.92 Å². The van der Waals surface area contributed by atoms with Gasteiger partial charge in [-0.2, -0.15) is 0 Å². The normalized spacial score (nSPS) is 11.8. The Morgan fingerprint density at radius 3 is 2.67 bits per heavy atom. The molecule has 0 aliphatic rings. The molecule has 0 spiro atoms. The van der Waals surface area contributed by atoms with Gasteiger partial charge in [-0.05, 0) is 37.1 Å². The Bertz CT molecular complexity index is 622. The number of ether oxygens (including phenoxy) is 1. The van der Waals surface area contributed by atoms with E-state index in [1.165, 1.54) is 5.56 Å². The predicted octanol–water partition coefficient (Wildman–Crippen LogP) is 3.42. The zero-order valence-electron chi connectivity index (χ0n) is 12.7. The van der Waals surface area contributed by atoms with Gasteiger partial charge in [0.1, 0.15) is 5.75 Å². The molecule has 0 aliphatic carbocycles. The molecule has 110 valence electrons. The van der Waals surface area contributed by atoms with Gasteiger partial charge in [-0.1, -0.05) is 42.0 Å². The topological polar surface area (TPSA) is 38.3 Å². The van der Waals surface area contributed by atoms with Crippen molar-refractivity contribution in [2.45, 2.75) is 26.3 Å². The predicted molar refractivity (Wildman–Crippen MR) is 84.4 cm³/mol. The van der Waals surface area contributed by atoms with Gasteiger partial charge in [0.2, 0.25) is 5.91 Å². The first kappa shape index (κ1) is 15.1. The molecule has 2 rings (SSSR count). The van der Waals surface area contributed by atoms with Crippen LogP contribution in [0.3, 0.4) is 0 Å². The summed E-state index contributed by atoms with van der Waals surface area (Å²) in [6.07, 6.45) is 0.399. The van der Waals surface area contributed by atoms with Crippen LogP contribution in [0.15, 0.2) is 48.5 Å². The fourth-order valence-electron chi connectivity index (χ4n) is 2.29. The molecule has 0 saturated carbocycles. The maximum Gasteiger partial charge on any atom is 0.224 e. The highest BCUT2D eigenvalue weighted by atomic mass is 16.5. The summed E-state index contributed by atoms with van der Waals surface area (Å²) in [5, 5.41) is 3.02. The number of aryl methyl sites for hydroxylation is 1. The second kappa shape index (κ2) is 6.93. The highest BCUT2D eigenvalue weighted by molar-refractivity contribution is 5.79. The number of carbonyl (C=O) groups excluding carboxylic acids is 1. The number of rotatable bonds is 5. The van der Waals surface area contributed by atoms with Crippen molar-refractivity contribution in [3.05, 3.63) is 65.2 Å². The molecule has 0 bridgehead atoms. The molecule has 0 heterocycles. The van der Waals surface area contributed by atoms with E-state index in [1.54, 1.807) is 7.11 Å². The summed E-state index contributed by atoms with van der Waals surface area (Å²) in [5.74, 6) is 0.822. The van der Waals surface area contributed by atoms with E-state index >= 15 is 0 Å². The zero-order valence-corrected chi connectivity index (χ0v) is 12.7. The van der Waals surface area contributed by atoms with E-state index in [0.717, 1.165) is 16.9 Å². The lowest BCUT2D eigenvalue weighted by molar-refractivity contribution is -0.121. The third-order valence-electron chi connectivity index (χ3n) is 3.42. The molecule has 0 unspecified atom stereocenters. The Morgan fingerprint density at radius 2 is 1.95 bits per heavy atom. The summed E-state index contributed by atoms with van der Waals surface area (Å²) in [6, 6.07) is 15.7. The van der Waals surface area contributed by atoms with Crippen LogP contribution in [0.5, 0.6) is 5.75 Å². The standard InChI is InChI=1S/C18H21NO2/c1-13-6-4-7-15(10-13)11-18(20)19-14(2)16-8-5-9-17(12-16)21-3/h4-10,12,14H,11H2,1-3H3,(H,19,20)/t14-/m1/s1. The Balaban J connectivity index is 1.98. The number of methoxy groups -OCH3 is 1. The van der Waals surface area contributed by atoms with E-state index in [4.69, 9.17) is 4.74 Å². The number of hydrogen-bond donors (Lipinski definition) is 1. The highest BCUT2D eigenvalue weighted by Crippen LogP contribution is 2.18. The molecule has 1 N–H and O–H groups in total. The summed E-state index contributed by atoms with van der Waals surface area (Å²) in [7, 11) is 1.64. The summed E-state index contributed by atoms with van der Waals surface area (Å²) in [6.45, 7) is 4.00. The number of nitrogens with one attached hydrogen (secondary N) is 1. The molecule has 2 aromatic carbocycles. The lowest BCUT2D eigenvalue weighted by atomic mass is 10.1. The Hall–Kier alpha value is -2.29. The third-order valence-corrected chi connectivity index (χ3v) is 3.42. The average Bonchev–Trinajstić information content (AvgIpc) is 2.47. The summed E-state index contributed by atoms with van der Waals surface area (Å²) in [5.41, 5.74) is 3.23. The SMILES string of the molecule is COc1cccc([C@@H](C)NC(=O)Cc2cccc(C)c2)c1. The lowest BCUT2D eigenvalue weighted by Crippen LogP contribution is -2.28. The van der Waals surface area contributed by atoms with Crippen molar-refractivity contribution in [1.29, 1.82) is 0 Å². The van der Waals surface area contributed by atoms with E-state index in [1.807, 2.05) is 62.4 Å². The van der Waals surface area contributed by atoms with Gasteiger partial charge in [-0.25, -0.2) is 0 Å². The van der Waals surface area contributed by atoms with Crippen LogP contribution in [0.25, 0.3) is 0 Å². The Labute approximate surface area is 126 Å². The van der Waals surface area contributed by atoms with E-state index in [2.05, 4.69) is 5.32 Å². The largest absolute Gasteiger partial charge is 0.497 e. The van der Waals surface area contributed by atoms with Gasteiger partial charge in [0.25, 0.3) is 0 Å². The van der Waals surface area contributed by atoms with Gasteiger partial charge in [-0.3, -0.25) is 4.79 Å². The Kier molecular flexibility index (Phi) is 4.99.